The molecule has 0 unspecified atom stereocenters. The minimum absolute atomic E-state index is 0.0215. The first-order valence-corrected chi connectivity index (χ1v) is 11.1. The Hall–Kier alpha value is -4.80. The second-order valence-corrected chi connectivity index (χ2v) is 7.57. The quantitative estimate of drug-likeness (QED) is 0.234. The normalized spacial score (nSPS) is 11.8. The number of ether oxygens (including phenoxy) is 4. The molecular weight excluding hydrogens is 468 g/mol. The monoisotopic (exact) mass is 492 g/mol. The van der Waals surface area contributed by atoms with Gasteiger partial charge in [0.25, 0.3) is 11.6 Å². The lowest BCUT2D eigenvalue weighted by molar-refractivity contribution is -0.384. The maximum atomic E-state index is 12.1. The van der Waals surface area contributed by atoms with Crippen molar-refractivity contribution in [2.75, 3.05) is 25.3 Å². The van der Waals surface area contributed by atoms with Gasteiger partial charge in [-0.05, 0) is 60.5 Å². The van der Waals surface area contributed by atoms with E-state index in [2.05, 4.69) is 15.8 Å². The maximum absolute atomic E-state index is 12.1. The summed E-state index contributed by atoms with van der Waals surface area (Å²) >= 11 is 0. The first-order chi connectivity index (χ1) is 17.5. The number of hydrogen-bond acceptors (Lipinski definition) is 9. The molecule has 11 nitrogen and oxygen atoms in total. The van der Waals surface area contributed by atoms with Crippen LogP contribution in [0.15, 0.2) is 65.8 Å². The van der Waals surface area contributed by atoms with Crippen LogP contribution in [0.2, 0.25) is 0 Å². The molecule has 1 amide bonds. The number of nitro groups is 1. The average molecular weight is 492 g/mol. The molecule has 0 saturated heterocycles. The summed E-state index contributed by atoms with van der Waals surface area (Å²) in [6, 6.07) is 16.7. The molecule has 3 aromatic rings. The molecular formula is C25H24N4O7. The van der Waals surface area contributed by atoms with Crippen LogP contribution in [0, 0.1) is 10.1 Å². The Balaban J connectivity index is 1.29. The predicted octanol–water partition coefficient (Wildman–Crippen LogP) is 3.86. The Bertz CT molecular complexity index is 1260. The molecule has 4 rings (SSSR count). The van der Waals surface area contributed by atoms with Gasteiger partial charge in [0.15, 0.2) is 23.0 Å². The Morgan fingerprint density at radius 2 is 1.86 bits per heavy atom. The van der Waals surface area contributed by atoms with Gasteiger partial charge in [-0.25, -0.2) is 5.43 Å². The van der Waals surface area contributed by atoms with E-state index in [0.29, 0.717) is 35.2 Å². The van der Waals surface area contributed by atoms with E-state index in [9.17, 15) is 14.9 Å². The van der Waals surface area contributed by atoms with Crippen molar-refractivity contribution in [2.45, 2.75) is 13.5 Å². The third kappa shape index (κ3) is 6.41. The van der Waals surface area contributed by atoms with Crippen molar-refractivity contribution < 1.29 is 28.7 Å². The van der Waals surface area contributed by atoms with Crippen LogP contribution in [0.3, 0.4) is 0 Å². The molecule has 36 heavy (non-hydrogen) atoms. The summed E-state index contributed by atoms with van der Waals surface area (Å²) in [7, 11) is 0. The first kappa shape index (κ1) is 24.3. The zero-order valence-corrected chi connectivity index (χ0v) is 19.4. The van der Waals surface area contributed by atoms with Crippen LogP contribution < -0.4 is 29.7 Å². The molecule has 0 bridgehead atoms. The third-order valence-electron chi connectivity index (χ3n) is 5.04. The Labute approximate surface area is 206 Å². The van der Waals surface area contributed by atoms with Gasteiger partial charge in [-0.2, -0.15) is 5.10 Å². The molecule has 2 N–H and O–H groups in total. The summed E-state index contributed by atoms with van der Waals surface area (Å²) < 4.78 is 22.1. The zero-order valence-electron chi connectivity index (χ0n) is 19.4. The number of amides is 1. The molecule has 0 aromatic heterocycles. The minimum atomic E-state index is -0.448. The van der Waals surface area contributed by atoms with E-state index in [1.54, 1.807) is 48.5 Å². The molecule has 3 aromatic carbocycles. The van der Waals surface area contributed by atoms with E-state index in [1.165, 1.54) is 18.3 Å². The van der Waals surface area contributed by atoms with Gasteiger partial charge in [-0.3, -0.25) is 14.9 Å². The summed E-state index contributed by atoms with van der Waals surface area (Å²) in [6.45, 7) is 2.71. The largest absolute Gasteiger partial charge is 0.490 e. The lowest BCUT2D eigenvalue weighted by Crippen LogP contribution is -2.25. The number of anilines is 1. The van der Waals surface area contributed by atoms with Crippen LogP contribution >= 0.6 is 0 Å². The zero-order chi connectivity index (χ0) is 25.3. The highest BCUT2D eigenvalue weighted by Crippen LogP contribution is 2.34. The molecule has 1 aliphatic heterocycles. The van der Waals surface area contributed by atoms with Crippen molar-refractivity contribution in [1.29, 1.82) is 0 Å². The van der Waals surface area contributed by atoms with Gasteiger partial charge < -0.3 is 24.3 Å². The fourth-order valence-corrected chi connectivity index (χ4v) is 3.27. The summed E-state index contributed by atoms with van der Waals surface area (Å²) in [5.41, 5.74) is 4.70. The molecule has 1 aliphatic rings. The van der Waals surface area contributed by atoms with Crippen LogP contribution in [-0.2, 0) is 11.4 Å². The van der Waals surface area contributed by atoms with Gasteiger partial charge in [-0.1, -0.05) is 0 Å². The van der Waals surface area contributed by atoms with Crippen molar-refractivity contribution in [3.05, 3.63) is 81.9 Å². The second kappa shape index (κ2) is 11.6. The van der Waals surface area contributed by atoms with Gasteiger partial charge >= 0.3 is 0 Å². The van der Waals surface area contributed by atoms with Crippen LogP contribution in [0.5, 0.6) is 23.0 Å². The molecule has 11 heteroatoms. The van der Waals surface area contributed by atoms with Gasteiger partial charge in [0.2, 0.25) is 6.79 Å². The Morgan fingerprint density at radius 3 is 2.64 bits per heavy atom. The van der Waals surface area contributed by atoms with E-state index >= 15 is 0 Å². The predicted molar refractivity (Wildman–Crippen MR) is 132 cm³/mol. The Kier molecular flexibility index (Phi) is 7.81. The maximum Gasteiger partial charge on any atom is 0.269 e. The van der Waals surface area contributed by atoms with Crippen molar-refractivity contribution in [3.63, 3.8) is 0 Å². The fraction of sp³-hybridized carbons (Fsp3) is 0.200. The number of fused-ring (bicyclic) bond motifs is 1. The van der Waals surface area contributed by atoms with Crippen molar-refractivity contribution in [3.8, 4) is 23.0 Å². The van der Waals surface area contributed by atoms with E-state index in [0.717, 1.165) is 11.3 Å². The van der Waals surface area contributed by atoms with Crippen LogP contribution in [0.25, 0.3) is 0 Å². The number of nitrogens with one attached hydrogen (secondary N) is 2. The van der Waals surface area contributed by atoms with E-state index in [4.69, 9.17) is 18.9 Å². The number of rotatable bonds is 11. The first-order valence-electron chi connectivity index (χ1n) is 11.1. The van der Waals surface area contributed by atoms with E-state index in [1.807, 2.05) is 6.92 Å². The summed E-state index contributed by atoms with van der Waals surface area (Å²) in [4.78, 5) is 22.5. The molecule has 1 heterocycles. The second-order valence-electron chi connectivity index (χ2n) is 7.57. The number of non-ortho nitro benzene ring substituents is 1. The SMILES string of the molecule is CCOc1cc(C=NNC(=O)CNc2ccc3c(c2)OCO3)ccc1OCc1ccc([N+](=O)[O-])cc1. The summed E-state index contributed by atoms with van der Waals surface area (Å²) in [5, 5.41) is 17.8. The highest BCUT2D eigenvalue weighted by atomic mass is 16.7. The van der Waals surface area contributed by atoms with Crippen LogP contribution in [0.4, 0.5) is 11.4 Å². The number of carbonyl (C=O) groups excluding carboxylic acids is 1. The topological polar surface area (TPSA) is 134 Å². The number of nitro benzene ring substituents is 1. The third-order valence-corrected chi connectivity index (χ3v) is 5.04. The van der Waals surface area contributed by atoms with E-state index in [-0.39, 0.29) is 31.5 Å². The number of benzene rings is 3. The average Bonchev–Trinajstić information content (AvgIpc) is 3.35. The number of hydrogen-bond donors (Lipinski definition) is 2. The highest BCUT2D eigenvalue weighted by Gasteiger charge is 2.13. The molecule has 0 atom stereocenters. The molecule has 0 saturated carbocycles. The molecule has 0 spiro atoms. The lowest BCUT2D eigenvalue weighted by Gasteiger charge is -2.12. The summed E-state index contributed by atoms with van der Waals surface area (Å²) in [5.74, 6) is 2.01. The lowest BCUT2D eigenvalue weighted by atomic mass is 10.2. The standard InChI is InChI=1S/C25H24N4O7/c1-2-33-23-11-18(5-9-21(23)34-15-17-3-7-20(8-4-17)29(31)32)13-27-28-25(30)14-26-19-6-10-22-24(12-19)36-16-35-22/h3-13,26H,2,14-16H2,1H3,(H,28,30). The smallest absolute Gasteiger partial charge is 0.269 e. The molecule has 186 valence electrons. The summed E-state index contributed by atoms with van der Waals surface area (Å²) in [6.07, 6.45) is 1.50. The minimum Gasteiger partial charge on any atom is -0.490 e. The fourth-order valence-electron chi connectivity index (χ4n) is 3.27. The highest BCUT2D eigenvalue weighted by molar-refractivity contribution is 5.85. The number of nitrogens with zero attached hydrogens (tertiary/aromatic N) is 2. The van der Waals surface area contributed by atoms with Crippen molar-refractivity contribution in [2.24, 2.45) is 5.10 Å². The molecule has 0 aliphatic carbocycles. The Morgan fingerprint density at radius 1 is 1.06 bits per heavy atom. The number of carbonyl (C=O) groups is 1. The van der Waals surface area contributed by atoms with Crippen molar-refractivity contribution in [1.82, 2.24) is 5.43 Å². The van der Waals surface area contributed by atoms with Gasteiger partial charge in [0.1, 0.15) is 6.61 Å². The van der Waals surface area contributed by atoms with Gasteiger partial charge in [-0.15, -0.1) is 0 Å². The van der Waals surface area contributed by atoms with Crippen molar-refractivity contribution >= 4 is 23.5 Å². The number of hydrazone groups is 1. The van der Waals surface area contributed by atoms with Crippen LogP contribution in [-0.4, -0.2) is 37.0 Å². The van der Waals surface area contributed by atoms with E-state index < -0.39 is 4.92 Å². The molecule has 0 fully saturated rings. The van der Waals surface area contributed by atoms with Gasteiger partial charge in [0, 0.05) is 23.9 Å². The molecule has 0 radical (unpaired) electrons. The van der Waals surface area contributed by atoms with Gasteiger partial charge in [0.05, 0.1) is 24.3 Å². The van der Waals surface area contributed by atoms with Crippen LogP contribution in [0.1, 0.15) is 18.1 Å².